The van der Waals surface area contributed by atoms with Crippen LogP contribution in [-0.2, 0) is 19.1 Å². The number of piperidine rings is 2. The van der Waals surface area contributed by atoms with Gasteiger partial charge in [-0.05, 0) is 65.9 Å². The molecule has 3 N–H and O–H groups in total. The second-order valence-corrected chi connectivity index (χ2v) is 12.8. The Morgan fingerprint density at radius 2 is 1.47 bits per heavy atom. The van der Waals surface area contributed by atoms with Crippen molar-refractivity contribution in [3.8, 4) is 0 Å². The van der Waals surface area contributed by atoms with Crippen LogP contribution in [0, 0.1) is 0 Å². The number of anilines is 3. The maximum absolute atomic E-state index is 12.0. The molecule has 13 heteroatoms. The molecule has 45 heavy (non-hydrogen) atoms. The first-order chi connectivity index (χ1) is 21.7. The minimum atomic E-state index is -0.347. The number of carbonyl (C=O) groups excluding carboxylic acids is 4. The number of nitrogens with zero attached hydrogens (tertiary/aromatic N) is 4. The summed E-state index contributed by atoms with van der Waals surface area (Å²) in [5, 5.41) is 2.95. The molecule has 0 spiro atoms. The Morgan fingerprint density at radius 3 is 2.09 bits per heavy atom. The molecule has 4 atom stereocenters. The number of nitrogens with two attached hydrogens (primary N) is 1. The van der Waals surface area contributed by atoms with E-state index in [9.17, 15) is 19.2 Å². The smallest absolute Gasteiger partial charge is 0.409 e. The topological polar surface area (TPSA) is 138 Å². The van der Waals surface area contributed by atoms with Crippen molar-refractivity contribution in [2.75, 3.05) is 67.6 Å². The van der Waals surface area contributed by atoms with Gasteiger partial charge in [0.15, 0.2) is 0 Å². The molecule has 0 unspecified atom stereocenters. The normalized spacial score (nSPS) is 23.9. The highest BCUT2D eigenvalue weighted by Crippen LogP contribution is 2.50. The van der Waals surface area contributed by atoms with Crippen LogP contribution in [0.15, 0.2) is 40.9 Å². The van der Waals surface area contributed by atoms with Gasteiger partial charge < -0.3 is 40.1 Å². The molecular formula is C32H39BrN6O6. The van der Waals surface area contributed by atoms with Crippen LogP contribution in [0.2, 0.25) is 0 Å². The van der Waals surface area contributed by atoms with Crippen molar-refractivity contribution in [2.24, 2.45) is 5.73 Å². The van der Waals surface area contributed by atoms with Crippen molar-refractivity contribution in [2.45, 2.75) is 50.6 Å². The van der Waals surface area contributed by atoms with E-state index in [1.165, 1.54) is 5.56 Å². The number of amides is 4. The predicted octanol–water partition coefficient (Wildman–Crippen LogP) is 3.84. The molecule has 2 aromatic rings. The number of para-hydroxylation sites is 2. The van der Waals surface area contributed by atoms with E-state index < -0.39 is 0 Å². The van der Waals surface area contributed by atoms with Gasteiger partial charge in [-0.15, -0.1) is 0 Å². The quantitative estimate of drug-likeness (QED) is 0.496. The van der Waals surface area contributed by atoms with E-state index in [0.29, 0.717) is 52.0 Å². The Hall–Kier alpha value is -4.00. The van der Waals surface area contributed by atoms with Gasteiger partial charge in [-0.25, -0.2) is 9.59 Å². The first-order valence-corrected chi connectivity index (χ1v) is 16.4. The van der Waals surface area contributed by atoms with Gasteiger partial charge >= 0.3 is 12.2 Å². The van der Waals surface area contributed by atoms with Gasteiger partial charge in [-0.3, -0.25) is 9.59 Å². The molecule has 5 heterocycles. The minimum Gasteiger partial charge on any atom is -0.450 e. The number of hydrogen-bond acceptors (Lipinski definition) is 8. The van der Waals surface area contributed by atoms with Crippen molar-refractivity contribution in [3.05, 3.63) is 52.0 Å². The summed E-state index contributed by atoms with van der Waals surface area (Å²) in [5.74, 6) is 0.110. The summed E-state index contributed by atoms with van der Waals surface area (Å²) in [6.45, 7) is 7.56. The van der Waals surface area contributed by atoms with E-state index in [-0.39, 0.29) is 48.4 Å². The average molecular weight is 684 g/mol. The molecule has 2 saturated heterocycles. The zero-order valence-electron chi connectivity index (χ0n) is 25.5. The molecule has 12 nitrogen and oxygen atoms in total. The molecule has 240 valence electrons. The van der Waals surface area contributed by atoms with Crippen LogP contribution in [0.4, 0.5) is 26.7 Å². The SMILES string of the molecule is CCOC(=O)N1CC[C@H]2[C@@H](C1)c1cccc(Br)c1N2CC(N)=O.CCOC(=O)N1CC[C@H]2[C@@H](C1)c1cccc3c1N2CC(=O)N3. The Labute approximate surface area is 270 Å². The van der Waals surface area contributed by atoms with Crippen molar-refractivity contribution in [3.63, 3.8) is 0 Å². The lowest BCUT2D eigenvalue weighted by atomic mass is 9.89. The molecule has 5 aliphatic heterocycles. The zero-order valence-corrected chi connectivity index (χ0v) is 27.1. The molecule has 0 saturated carbocycles. The molecule has 4 amide bonds. The highest BCUT2D eigenvalue weighted by molar-refractivity contribution is 9.10. The van der Waals surface area contributed by atoms with Gasteiger partial charge in [0, 0.05) is 54.6 Å². The number of fused-ring (bicyclic) bond motifs is 6. The Bertz CT molecular complexity index is 1500. The number of rotatable bonds is 4. The largest absolute Gasteiger partial charge is 0.450 e. The number of ether oxygens (including phenoxy) is 2. The second kappa shape index (κ2) is 12.8. The Balaban J connectivity index is 0.000000159. The lowest BCUT2D eigenvalue weighted by molar-refractivity contribution is -0.117. The molecule has 0 aromatic heterocycles. The molecule has 0 bridgehead atoms. The fourth-order valence-electron chi connectivity index (χ4n) is 7.65. The van der Waals surface area contributed by atoms with E-state index in [4.69, 9.17) is 15.2 Å². The third-order valence-corrected chi connectivity index (χ3v) is 10.0. The van der Waals surface area contributed by atoms with Crippen molar-refractivity contribution in [1.82, 2.24) is 9.80 Å². The summed E-state index contributed by atoms with van der Waals surface area (Å²) in [4.78, 5) is 55.3. The molecule has 0 radical (unpaired) electrons. The molecule has 7 rings (SSSR count). The minimum absolute atomic E-state index is 0.0399. The third kappa shape index (κ3) is 5.78. The molecule has 0 aliphatic carbocycles. The lowest BCUT2D eigenvalue weighted by Gasteiger charge is -2.39. The van der Waals surface area contributed by atoms with Crippen molar-refractivity contribution in [1.29, 1.82) is 0 Å². The highest BCUT2D eigenvalue weighted by atomic mass is 79.9. The Morgan fingerprint density at radius 1 is 0.889 bits per heavy atom. The first kappa shape index (κ1) is 31.0. The van der Waals surface area contributed by atoms with Gasteiger partial charge in [-0.2, -0.15) is 0 Å². The number of carbonyl (C=O) groups is 4. The van der Waals surface area contributed by atoms with Crippen molar-refractivity contribution < 1.29 is 28.7 Å². The summed E-state index contributed by atoms with van der Waals surface area (Å²) >= 11 is 3.58. The number of halogens is 1. The van der Waals surface area contributed by atoms with Crippen LogP contribution in [0.3, 0.4) is 0 Å². The summed E-state index contributed by atoms with van der Waals surface area (Å²) in [7, 11) is 0. The third-order valence-electron chi connectivity index (χ3n) is 9.38. The van der Waals surface area contributed by atoms with Gasteiger partial charge in [0.2, 0.25) is 11.8 Å². The van der Waals surface area contributed by atoms with Gasteiger partial charge in [-0.1, -0.05) is 24.3 Å². The lowest BCUT2D eigenvalue weighted by Crippen LogP contribution is -2.50. The van der Waals surface area contributed by atoms with E-state index >= 15 is 0 Å². The van der Waals surface area contributed by atoms with Crippen LogP contribution in [0.1, 0.15) is 49.7 Å². The molecule has 2 fully saturated rings. The zero-order chi connectivity index (χ0) is 31.8. The molecular weight excluding hydrogens is 644 g/mol. The van der Waals surface area contributed by atoms with Gasteiger partial charge in [0.1, 0.15) is 0 Å². The molecule has 5 aliphatic rings. The van der Waals surface area contributed by atoms with Crippen LogP contribution < -0.4 is 20.9 Å². The van der Waals surface area contributed by atoms with Crippen LogP contribution in [0.25, 0.3) is 0 Å². The standard InChI is InChI=1S/C16H20BrN3O3.C16H19N3O3/c1-2-23-16(22)19-7-6-13-11(8-19)10-4-3-5-12(17)15(10)20(13)9-14(18)21;1-2-22-16(21)18-7-6-13-11(8-18)10-4-3-5-12-15(10)19(13)9-14(20)17-12/h3-5,11,13H,2,6-9H2,1H3,(H2,18,21);3-5,11,13H,2,6-9H2,1H3,(H,17,20)/t2*11-,13-/m00/s1. The first-order valence-electron chi connectivity index (χ1n) is 15.6. The van der Waals surface area contributed by atoms with Gasteiger partial charge in [0.05, 0.1) is 43.4 Å². The fourth-order valence-corrected chi connectivity index (χ4v) is 8.26. The van der Waals surface area contributed by atoms with Crippen LogP contribution in [-0.4, -0.2) is 98.4 Å². The monoisotopic (exact) mass is 682 g/mol. The summed E-state index contributed by atoms with van der Waals surface area (Å²) in [6, 6.07) is 12.5. The number of benzene rings is 2. The maximum atomic E-state index is 12.0. The highest BCUT2D eigenvalue weighted by Gasteiger charge is 2.46. The predicted molar refractivity (Wildman–Crippen MR) is 173 cm³/mol. The van der Waals surface area contributed by atoms with Crippen LogP contribution in [0.5, 0.6) is 0 Å². The number of nitrogens with one attached hydrogen (secondary N) is 1. The summed E-state index contributed by atoms with van der Waals surface area (Å²) in [6.07, 6.45) is 1.15. The summed E-state index contributed by atoms with van der Waals surface area (Å²) < 4.78 is 11.2. The van der Waals surface area contributed by atoms with Gasteiger partial charge in [0.25, 0.3) is 0 Å². The Kier molecular flexibility index (Phi) is 8.80. The van der Waals surface area contributed by atoms with Crippen LogP contribution >= 0.6 is 15.9 Å². The van der Waals surface area contributed by atoms with E-state index in [1.807, 2.05) is 31.2 Å². The van der Waals surface area contributed by atoms with E-state index in [1.54, 1.807) is 16.7 Å². The number of likely N-dealkylation sites (tertiary alicyclic amines) is 2. The van der Waals surface area contributed by atoms with Crippen molar-refractivity contribution >= 4 is 57.0 Å². The molecule has 2 aromatic carbocycles. The summed E-state index contributed by atoms with van der Waals surface area (Å²) in [5.41, 5.74) is 10.9. The average Bonchev–Trinajstić information content (AvgIpc) is 3.51. The number of hydrogen-bond donors (Lipinski definition) is 2. The second-order valence-electron chi connectivity index (χ2n) is 11.9. The fraction of sp³-hybridized carbons (Fsp3) is 0.500. The van der Waals surface area contributed by atoms with E-state index in [2.05, 4.69) is 43.2 Å². The number of primary amides is 1. The van der Waals surface area contributed by atoms with E-state index in [0.717, 1.165) is 39.9 Å². The maximum Gasteiger partial charge on any atom is 0.409 e.